The Balaban J connectivity index is 1.80. The third-order valence-electron chi connectivity index (χ3n) is 3.90. The van der Waals surface area contributed by atoms with E-state index in [4.69, 9.17) is 4.42 Å². The van der Waals surface area contributed by atoms with Crippen LogP contribution in [0.5, 0.6) is 5.75 Å². The average Bonchev–Trinajstić information content (AvgIpc) is 2.86. The highest BCUT2D eigenvalue weighted by molar-refractivity contribution is 5.38. The quantitative estimate of drug-likeness (QED) is 0.899. The number of hydrogen-bond acceptors (Lipinski definition) is 4. The second-order valence-electron chi connectivity index (χ2n) is 5.53. The Hall–Kier alpha value is -1.81. The average molecular weight is 272 g/mol. The van der Waals surface area contributed by atoms with Gasteiger partial charge < -0.3 is 9.52 Å². The zero-order chi connectivity index (χ0) is 14.1. The molecule has 1 aliphatic rings. The minimum Gasteiger partial charge on any atom is -0.508 e. The van der Waals surface area contributed by atoms with Gasteiger partial charge in [-0.25, -0.2) is 4.98 Å². The van der Waals surface area contributed by atoms with Crippen LogP contribution in [0, 0.1) is 6.92 Å². The number of aromatic hydroxyl groups is 1. The zero-order valence-corrected chi connectivity index (χ0v) is 11.9. The molecule has 0 bridgehead atoms. The molecule has 2 aromatic rings. The summed E-state index contributed by atoms with van der Waals surface area (Å²) < 4.78 is 5.58. The van der Waals surface area contributed by atoms with Crippen molar-refractivity contribution in [1.82, 2.24) is 10.3 Å². The van der Waals surface area contributed by atoms with Crippen LogP contribution >= 0.6 is 0 Å². The summed E-state index contributed by atoms with van der Waals surface area (Å²) in [6.45, 7) is 3.96. The van der Waals surface area contributed by atoms with Gasteiger partial charge in [-0.3, -0.25) is 5.32 Å². The third-order valence-corrected chi connectivity index (χ3v) is 3.90. The predicted octanol–water partition coefficient (Wildman–Crippen LogP) is 3.42. The molecule has 4 nitrogen and oxygen atoms in total. The maximum absolute atomic E-state index is 9.70. The van der Waals surface area contributed by atoms with Crippen molar-refractivity contribution >= 4 is 0 Å². The monoisotopic (exact) mass is 272 g/mol. The summed E-state index contributed by atoms with van der Waals surface area (Å²) in [6.07, 6.45) is 5.06. The van der Waals surface area contributed by atoms with Crippen LogP contribution in [0.3, 0.4) is 0 Å². The van der Waals surface area contributed by atoms with E-state index in [2.05, 4.69) is 17.2 Å². The summed E-state index contributed by atoms with van der Waals surface area (Å²) >= 11 is 0. The molecule has 1 heterocycles. The van der Waals surface area contributed by atoms with Crippen LogP contribution in [0.4, 0.5) is 0 Å². The van der Waals surface area contributed by atoms with Crippen molar-refractivity contribution in [1.29, 1.82) is 0 Å². The molecule has 2 unspecified atom stereocenters. The number of phenols is 1. The first-order chi connectivity index (χ1) is 9.63. The Morgan fingerprint density at radius 2 is 2.30 bits per heavy atom. The fourth-order valence-corrected chi connectivity index (χ4v) is 2.91. The van der Waals surface area contributed by atoms with Crippen LogP contribution in [0.2, 0.25) is 0 Å². The molecule has 0 spiro atoms. The summed E-state index contributed by atoms with van der Waals surface area (Å²) in [5.74, 6) is 1.88. The Bertz CT molecular complexity index is 606. The highest BCUT2D eigenvalue weighted by Crippen LogP contribution is 2.33. The van der Waals surface area contributed by atoms with E-state index in [9.17, 15) is 5.11 Å². The zero-order valence-electron chi connectivity index (χ0n) is 11.9. The van der Waals surface area contributed by atoms with Gasteiger partial charge in [-0.05, 0) is 56.4 Å². The van der Waals surface area contributed by atoms with Crippen LogP contribution in [0.25, 0.3) is 0 Å². The number of nitrogens with zero attached hydrogens (tertiary/aromatic N) is 1. The molecule has 3 rings (SSSR count). The molecule has 1 aromatic heterocycles. The molecular formula is C16H20N2O2. The number of aryl methyl sites for hydroxylation is 2. The largest absolute Gasteiger partial charge is 0.508 e. The Kier molecular flexibility index (Phi) is 3.49. The van der Waals surface area contributed by atoms with Gasteiger partial charge in [0.25, 0.3) is 0 Å². The number of aromatic nitrogens is 1. The molecule has 4 heteroatoms. The van der Waals surface area contributed by atoms with Gasteiger partial charge in [-0.1, -0.05) is 6.07 Å². The summed E-state index contributed by atoms with van der Waals surface area (Å²) in [4.78, 5) is 4.28. The van der Waals surface area contributed by atoms with E-state index < -0.39 is 0 Å². The van der Waals surface area contributed by atoms with E-state index >= 15 is 0 Å². The van der Waals surface area contributed by atoms with Crippen LogP contribution in [-0.4, -0.2) is 10.1 Å². The molecule has 1 aliphatic carbocycles. The second kappa shape index (κ2) is 5.29. The predicted molar refractivity (Wildman–Crippen MR) is 76.6 cm³/mol. The minimum absolute atomic E-state index is 0.0574. The second-order valence-corrected chi connectivity index (χ2v) is 5.53. The highest BCUT2D eigenvalue weighted by atomic mass is 16.4. The van der Waals surface area contributed by atoms with Crippen molar-refractivity contribution in [3.8, 4) is 5.75 Å². The van der Waals surface area contributed by atoms with Crippen LogP contribution in [0.1, 0.15) is 54.6 Å². The Morgan fingerprint density at radius 1 is 1.45 bits per heavy atom. The lowest BCUT2D eigenvalue weighted by molar-refractivity contribution is 0.351. The first-order valence-corrected chi connectivity index (χ1v) is 7.13. The van der Waals surface area contributed by atoms with Gasteiger partial charge in [-0.15, -0.1) is 0 Å². The molecule has 1 aromatic carbocycles. The molecule has 0 saturated heterocycles. The van der Waals surface area contributed by atoms with Gasteiger partial charge in [0.2, 0.25) is 5.89 Å². The smallest absolute Gasteiger partial charge is 0.211 e. The van der Waals surface area contributed by atoms with Crippen LogP contribution in [0.15, 0.2) is 28.8 Å². The lowest BCUT2D eigenvalue weighted by atomic mass is 9.87. The molecule has 0 amide bonds. The number of hydrogen-bond donors (Lipinski definition) is 2. The van der Waals surface area contributed by atoms with Crippen molar-refractivity contribution < 1.29 is 9.52 Å². The molecule has 2 atom stereocenters. The molecule has 20 heavy (non-hydrogen) atoms. The van der Waals surface area contributed by atoms with Gasteiger partial charge in [0.15, 0.2) is 0 Å². The SMILES string of the molecule is Cc1cnc(C(C)NC2CCCc3ccc(O)cc32)o1. The maximum atomic E-state index is 9.70. The summed E-state index contributed by atoms with van der Waals surface area (Å²) in [7, 11) is 0. The molecule has 0 saturated carbocycles. The van der Waals surface area contributed by atoms with Gasteiger partial charge in [0.1, 0.15) is 11.5 Å². The molecule has 0 aliphatic heterocycles. The van der Waals surface area contributed by atoms with Crippen molar-refractivity contribution in [2.24, 2.45) is 0 Å². The van der Waals surface area contributed by atoms with Crippen molar-refractivity contribution in [3.05, 3.63) is 47.2 Å². The topological polar surface area (TPSA) is 58.3 Å². The van der Waals surface area contributed by atoms with Gasteiger partial charge in [-0.2, -0.15) is 0 Å². The van der Waals surface area contributed by atoms with Crippen molar-refractivity contribution in [3.63, 3.8) is 0 Å². The van der Waals surface area contributed by atoms with Crippen LogP contribution in [-0.2, 0) is 6.42 Å². The molecule has 0 radical (unpaired) electrons. The van der Waals surface area contributed by atoms with Crippen LogP contribution < -0.4 is 5.32 Å². The van der Waals surface area contributed by atoms with E-state index in [0.717, 1.165) is 30.9 Å². The highest BCUT2D eigenvalue weighted by Gasteiger charge is 2.23. The molecule has 0 fully saturated rings. The van der Waals surface area contributed by atoms with E-state index in [1.54, 1.807) is 12.3 Å². The van der Waals surface area contributed by atoms with E-state index in [-0.39, 0.29) is 12.1 Å². The number of phenolic OH excluding ortho intramolecular Hbond substituents is 1. The normalized spacial score (nSPS) is 19.6. The van der Waals surface area contributed by atoms with E-state index in [1.807, 2.05) is 19.1 Å². The molecule has 2 N–H and O–H groups in total. The first-order valence-electron chi connectivity index (χ1n) is 7.13. The number of oxazole rings is 1. The standard InChI is InChI=1S/C16H20N2O2/c1-10-9-17-16(20-10)11(2)18-15-5-3-4-12-6-7-13(19)8-14(12)15/h6-9,11,15,18-19H,3-5H2,1-2H3. The van der Waals surface area contributed by atoms with E-state index in [0.29, 0.717) is 5.75 Å². The van der Waals surface area contributed by atoms with E-state index in [1.165, 1.54) is 11.1 Å². The number of benzene rings is 1. The van der Waals surface area contributed by atoms with Gasteiger partial charge in [0, 0.05) is 6.04 Å². The van der Waals surface area contributed by atoms with Gasteiger partial charge >= 0.3 is 0 Å². The number of fused-ring (bicyclic) bond motifs is 1. The lowest BCUT2D eigenvalue weighted by Gasteiger charge is -2.28. The molecule has 106 valence electrons. The fraction of sp³-hybridized carbons (Fsp3) is 0.438. The number of rotatable bonds is 3. The maximum Gasteiger partial charge on any atom is 0.211 e. The lowest BCUT2D eigenvalue weighted by Crippen LogP contribution is -2.28. The third kappa shape index (κ3) is 2.56. The minimum atomic E-state index is 0.0574. The molecular weight excluding hydrogens is 252 g/mol. The fourth-order valence-electron chi connectivity index (χ4n) is 2.91. The summed E-state index contributed by atoms with van der Waals surface area (Å²) in [5.41, 5.74) is 2.52. The first kappa shape index (κ1) is 13.2. The number of nitrogens with one attached hydrogen (secondary N) is 1. The Labute approximate surface area is 118 Å². The Morgan fingerprint density at radius 3 is 3.05 bits per heavy atom. The van der Waals surface area contributed by atoms with Gasteiger partial charge in [0.05, 0.1) is 12.2 Å². The summed E-state index contributed by atoms with van der Waals surface area (Å²) in [6, 6.07) is 5.97. The van der Waals surface area contributed by atoms with Crippen molar-refractivity contribution in [2.75, 3.05) is 0 Å². The van der Waals surface area contributed by atoms with Crippen molar-refractivity contribution in [2.45, 2.75) is 45.2 Å². The summed E-state index contributed by atoms with van der Waals surface area (Å²) in [5, 5.41) is 13.3.